The minimum Gasteiger partial charge on any atom is -0.464 e. The molecule has 2 N–H and O–H groups in total. The second kappa shape index (κ2) is 10.9. The lowest BCUT2D eigenvalue weighted by Gasteiger charge is -2.33. The highest BCUT2D eigenvalue weighted by molar-refractivity contribution is 6.04. The molecule has 11 heteroatoms. The maximum absolute atomic E-state index is 13.0. The van der Waals surface area contributed by atoms with Gasteiger partial charge >= 0.3 is 12.2 Å². The molecule has 2 saturated heterocycles. The SMILES string of the molecule is CN1CCC[C@@H]1c1cc2cnc(NC(=O)c3ccc(C4CCN(C(=O)OC(C)(C)C)CC4)nc3)cc2n1C(=O)O. The van der Waals surface area contributed by atoms with E-state index in [9.17, 15) is 19.5 Å². The fraction of sp³-hybridized carbons (Fsp3) is 0.483. The summed E-state index contributed by atoms with van der Waals surface area (Å²) in [7, 11) is 2.00. The van der Waals surface area contributed by atoms with Gasteiger partial charge in [-0.1, -0.05) is 0 Å². The Morgan fingerprint density at radius 3 is 2.38 bits per heavy atom. The third-order valence-corrected chi connectivity index (χ3v) is 7.62. The maximum atomic E-state index is 13.0. The van der Waals surface area contributed by atoms with Crippen LogP contribution >= 0.6 is 0 Å². The predicted molar refractivity (Wildman–Crippen MR) is 150 cm³/mol. The van der Waals surface area contributed by atoms with Gasteiger partial charge in [-0.25, -0.2) is 19.1 Å². The lowest BCUT2D eigenvalue weighted by Crippen LogP contribution is -2.41. The second-order valence-corrected chi connectivity index (χ2v) is 11.6. The molecule has 40 heavy (non-hydrogen) atoms. The van der Waals surface area contributed by atoms with Crippen molar-refractivity contribution < 1.29 is 24.2 Å². The summed E-state index contributed by atoms with van der Waals surface area (Å²) in [4.78, 5) is 50.3. The molecule has 0 bridgehead atoms. The van der Waals surface area contributed by atoms with Crippen molar-refractivity contribution in [1.29, 1.82) is 0 Å². The summed E-state index contributed by atoms with van der Waals surface area (Å²) in [6, 6.07) is 7.06. The van der Waals surface area contributed by atoms with Gasteiger partial charge in [-0.2, -0.15) is 0 Å². The number of carbonyl (C=O) groups is 3. The van der Waals surface area contributed by atoms with Gasteiger partial charge in [0.15, 0.2) is 0 Å². The van der Waals surface area contributed by atoms with Crippen LogP contribution in [0.3, 0.4) is 0 Å². The van der Waals surface area contributed by atoms with Crippen molar-refractivity contribution in [1.82, 2.24) is 24.3 Å². The van der Waals surface area contributed by atoms with Gasteiger partial charge in [-0.05, 0) is 78.2 Å². The van der Waals surface area contributed by atoms with Crippen LogP contribution in [0.4, 0.5) is 15.4 Å². The summed E-state index contributed by atoms with van der Waals surface area (Å²) in [5.74, 6) is 0.0784. The van der Waals surface area contributed by atoms with E-state index in [0.717, 1.165) is 37.9 Å². The number of rotatable bonds is 4. The van der Waals surface area contributed by atoms with Gasteiger partial charge in [0.05, 0.1) is 17.1 Å². The van der Waals surface area contributed by atoms with E-state index in [4.69, 9.17) is 4.74 Å². The molecule has 5 heterocycles. The van der Waals surface area contributed by atoms with Crippen molar-refractivity contribution in [2.45, 2.75) is 64.0 Å². The van der Waals surface area contributed by atoms with E-state index in [1.54, 1.807) is 23.2 Å². The van der Waals surface area contributed by atoms with Crippen LogP contribution in [0, 0.1) is 0 Å². The Kier molecular flexibility index (Phi) is 7.50. The van der Waals surface area contributed by atoms with E-state index in [1.807, 2.05) is 40.0 Å². The van der Waals surface area contributed by atoms with Crippen LogP contribution in [0.2, 0.25) is 0 Å². The maximum Gasteiger partial charge on any atom is 0.416 e. The van der Waals surface area contributed by atoms with Crippen molar-refractivity contribution in [2.75, 3.05) is 32.0 Å². The summed E-state index contributed by atoms with van der Waals surface area (Å²) < 4.78 is 6.76. The van der Waals surface area contributed by atoms with E-state index in [0.29, 0.717) is 35.2 Å². The van der Waals surface area contributed by atoms with E-state index < -0.39 is 11.7 Å². The first kappa shape index (κ1) is 27.6. The molecule has 11 nitrogen and oxygen atoms in total. The highest BCUT2D eigenvalue weighted by Crippen LogP contribution is 2.34. The zero-order valence-electron chi connectivity index (χ0n) is 23.4. The molecular weight excluding hydrogens is 512 g/mol. The van der Waals surface area contributed by atoms with E-state index in [1.165, 1.54) is 10.8 Å². The lowest BCUT2D eigenvalue weighted by molar-refractivity contribution is 0.0204. The average molecular weight is 549 g/mol. The number of piperidine rings is 1. The molecule has 3 aromatic rings. The molecule has 2 aliphatic heterocycles. The predicted octanol–water partition coefficient (Wildman–Crippen LogP) is 5.09. The molecule has 0 radical (unpaired) electrons. The number of hydrogen-bond acceptors (Lipinski definition) is 7. The first-order valence-electron chi connectivity index (χ1n) is 13.7. The van der Waals surface area contributed by atoms with E-state index >= 15 is 0 Å². The van der Waals surface area contributed by atoms with Crippen molar-refractivity contribution in [3.8, 4) is 0 Å². The van der Waals surface area contributed by atoms with Crippen molar-refractivity contribution >= 4 is 34.8 Å². The number of nitrogens with one attached hydrogen (secondary N) is 1. The topological polar surface area (TPSA) is 130 Å². The Morgan fingerprint density at radius 1 is 1.02 bits per heavy atom. The summed E-state index contributed by atoms with van der Waals surface area (Å²) in [6.45, 7) is 7.67. The summed E-state index contributed by atoms with van der Waals surface area (Å²) in [5.41, 5.74) is 1.93. The number of aromatic nitrogens is 3. The second-order valence-electron chi connectivity index (χ2n) is 11.6. The quantitative estimate of drug-likeness (QED) is 0.461. The Balaban J connectivity index is 1.25. The molecule has 5 rings (SSSR count). The first-order valence-corrected chi connectivity index (χ1v) is 13.7. The Labute approximate surface area is 233 Å². The van der Waals surface area contributed by atoms with Crippen LogP contribution in [-0.2, 0) is 4.74 Å². The molecule has 2 aliphatic rings. The third kappa shape index (κ3) is 5.79. The molecule has 0 saturated carbocycles. The van der Waals surface area contributed by atoms with Gasteiger partial charge in [0.25, 0.3) is 5.91 Å². The highest BCUT2D eigenvalue weighted by Gasteiger charge is 2.30. The molecule has 0 aliphatic carbocycles. The fourth-order valence-corrected chi connectivity index (χ4v) is 5.59. The number of nitrogens with zero attached hydrogens (tertiary/aromatic N) is 5. The normalized spacial score (nSPS) is 18.7. The highest BCUT2D eigenvalue weighted by atomic mass is 16.6. The van der Waals surface area contributed by atoms with E-state index in [2.05, 4.69) is 20.2 Å². The molecule has 0 spiro atoms. The molecule has 1 atom stereocenters. The number of anilines is 1. The minimum atomic E-state index is -1.06. The van der Waals surface area contributed by atoms with Gasteiger partial charge in [0.2, 0.25) is 0 Å². The summed E-state index contributed by atoms with van der Waals surface area (Å²) in [5, 5.41) is 13.5. The van der Waals surface area contributed by atoms with Crippen molar-refractivity contribution in [2.24, 2.45) is 0 Å². The Bertz CT molecular complexity index is 1420. The van der Waals surface area contributed by atoms with Gasteiger partial charge in [0, 0.05) is 54.2 Å². The number of carboxylic acid groups (broad SMARTS) is 1. The molecular formula is C29H36N6O5. The molecule has 2 amide bonds. The molecule has 0 unspecified atom stereocenters. The lowest BCUT2D eigenvalue weighted by atomic mass is 9.93. The fourth-order valence-electron chi connectivity index (χ4n) is 5.59. The van der Waals surface area contributed by atoms with Gasteiger partial charge in [-0.15, -0.1) is 0 Å². The summed E-state index contributed by atoms with van der Waals surface area (Å²) in [6.07, 6.45) is 5.21. The number of likely N-dealkylation sites (tertiary alicyclic amines) is 2. The number of pyridine rings is 2. The number of carbonyl (C=O) groups excluding carboxylic acids is 2. The Hall–Kier alpha value is -3.99. The number of hydrogen-bond donors (Lipinski definition) is 2. The van der Waals surface area contributed by atoms with Crippen molar-refractivity contribution in [3.63, 3.8) is 0 Å². The molecule has 2 fully saturated rings. The smallest absolute Gasteiger partial charge is 0.416 e. The van der Waals surface area contributed by atoms with Crippen LogP contribution < -0.4 is 5.32 Å². The number of fused-ring (bicyclic) bond motifs is 1. The zero-order valence-corrected chi connectivity index (χ0v) is 23.4. The first-order chi connectivity index (χ1) is 19.0. The molecule has 0 aromatic carbocycles. The van der Waals surface area contributed by atoms with Crippen LogP contribution in [0.25, 0.3) is 10.9 Å². The zero-order chi connectivity index (χ0) is 28.6. The third-order valence-electron chi connectivity index (χ3n) is 7.62. The Morgan fingerprint density at radius 2 is 1.77 bits per heavy atom. The number of ether oxygens (including phenoxy) is 1. The van der Waals surface area contributed by atoms with Crippen LogP contribution in [0.1, 0.15) is 80.2 Å². The number of amides is 2. The minimum absolute atomic E-state index is 0.0238. The average Bonchev–Trinajstić information content (AvgIpc) is 3.50. The monoisotopic (exact) mass is 548 g/mol. The van der Waals surface area contributed by atoms with Crippen LogP contribution in [-0.4, -0.2) is 79.8 Å². The van der Waals surface area contributed by atoms with Gasteiger partial charge < -0.3 is 20.1 Å². The van der Waals surface area contributed by atoms with E-state index in [-0.39, 0.29) is 29.8 Å². The van der Waals surface area contributed by atoms with Crippen LogP contribution in [0.15, 0.2) is 36.7 Å². The van der Waals surface area contributed by atoms with Crippen LogP contribution in [0.5, 0.6) is 0 Å². The largest absolute Gasteiger partial charge is 0.464 e. The summed E-state index contributed by atoms with van der Waals surface area (Å²) >= 11 is 0. The van der Waals surface area contributed by atoms with Crippen molar-refractivity contribution in [3.05, 3.63) is 53.6 Å². The van der Waals surface area contributed by atoms with Gasteiger partial charge in [-0.3, -0.25) is 14.7 Å². The van der Waals surface area contributed by atoms with Gasteiger partial charge in [0.1, 0.15) is 11.4 Å². The standard InChI is InChI=1S/C29H36N6O5/c1-29(2,3)40-28(39)34-12-9-18(10-13-34)21-8-7-19(16-30-21)26(36)32-25-15-23-20(17-31-25)14-24(35(23)27(37)38)22-6-5-11-33(22)4/h7-8,14-18,22H,5-6,9-13H2,1-4H3,(H,37,38)(H,31,32,36)/t22-/m1/s1. The molecule has 212 valence electrons. The molecule has 3 aromatic heterocycles.